The highest BCUT2D eigenvalue weighted by atomic mass is 32.1. The zero-order valence-corrected chi connectivity index (χ0v) is 27.3. The lowest BCUT2D eigenvalue weighted by atomic mass is 9.99. The number of rotatable bonds is 5. The highest BCUT2D eigenvalue weighted by molar-refractivity contribution is 7.25. The van der Waals surface area contributed by atoms with E-state index in [1.807, 2.05) is 11.3 Å². The van der Waals surface area contributed by atoms with Crippen LogP contribution in [-0.4, -0.2) is 0 Å². The van der Waals surface area contributed by atoms with E-state index in [0.717, 1.165) is 50.1 Å². The van der Waals surface area contributed by atoms with E-state index in [9.17, 15) is 0 Å². The van der Waals surface area contributed by atoms with Gasteiger partial charge < -0.3 is 9.32 Å². The normalized spacial score (nSPS) is 11.7. The Morgan fingerprint density at radius 2 is 1.04 bits per heavy atom. The number of benzene rings is 8. The predicted molar refractivity (Wildman–Crippen MR) is 210 cm³/mol. The van der Waals surface area contributed by atoms with Gasteiger partial charge in [-0.2, -0.15) is 0 Å². The molecule has 10 aromatic rings. The number of thiophene rings is 1. The quantitative estimate of drug-likeness (QED) is 0.186. The van der Waals surface area contributed by atoms with Crippen LogP contribution in [0.25, 0.3) is 75.1 Å². The lowest BCUT2D eigenvalue weighted by Gasteiger charge is -2.26. The summed E-state index contributed by atoms with van der Waals surface area (Å²) >= 11 is 1.84. The first-order valence-electron chi connectivity index (χ1n) is 16.6. The van der Waals surface area contributed by atoms with Gasteiger partial charge in [0.05, 0.1) is 5.69 Å². The van der Waals surface area contributed by atoms with Crippen LogP contribution >= 0.6 is 11.3 Å². The van der Waals surface area contributed by atoms with Gasteiger partial charge in [-0.1, -0.05) is 133 Å². The topological polar surface area (TPSA) is 16.4 Å². The number of hydrogen-bond donors (Lipinski definition) is 0. The summed E-state index contributed by atoms with van der Waals surface area (Å²) in [5.41, 5.74) is 9.57. The highest BCUT2D eigenvalue weighted by Gasteiger charge is 2.21. The molecular formula is C46H29NOS. The van der Waals surface area contributed by atoms with Gasteiger partial charge in [0.2, 0.25) is 0 Å². The number of fused-ring (bicyclic) bond motifs is 7. The van der Waals surface area contributed by atoms with Gasteiger partial charge in [-0.15, -0.1) is 11.3 Å². The third-order valence-electron chi connectivity index (χ3n) is 9.66. The van der Waals surface area contributed by atoms with E-state index in [1.165, 1.54) is 42.1 Å². The van der Waals surface area contributed by atoms with Crippen LogP contribution in [0.1, 0.15) is 0 Å². The second-order valence-electron chi connectivity index (χ2n) is 12.5. The standard InChI is InChI=1S/C46H29NOS/c1-2-10-30(11-3-1)32-22-24-35(25-23-32)47(36-26-27-39-38-14-6-7-19-43(38)49-44(39)29-36)42-18-9-17-41-40-16-8-15-37(45(40)48-46(41)42)34-21-20-31-12-4-5-13-33(31)28-34/h1-29H. The van der Waals surface area contributed by atoms with E-state index in [2.05, 4.69) is 181 Å². The van der Waals surface area contributed by atoms with Crippen molar-refractivity contribution in [2.45, 2.75) is 0 Å². The second-order valence-corrected chi connectivity index (χ2v) is 13.6. The molecule has 0 atom stereocenters. The molecule has 0 saturated carbocycles. The summed E-state index contributed by atoms with van der Waals surface area (Å²) in [6.07, 6.45) is 0. The Hall–Kier alpha value is -6.16. The Morgan fingerprint density at radius 3 is 1.92 bits per heavy atom. The molecule has 0 aliphatic heterocycles. The average Bonchev–Trinajstić information content (AvgIpc) is 3.74. The molecular weight excluding hydrogens is 615 g/mol. The van der Waals surface area contributed by atoms with Crippen molar-refractivity contribution in [3.8, 4) is 22.3 Å². The molecule has 0 saturated heterocycles. The SMILES string of the molecule is c1ccc(-c2ccc(N(c3ccc4c(c3)sc3ccccc34)c3cccc4c3oc3c(-c5ccc6ccccc6c5)cccc34)cc2)cc1. The smallest absolute Gasteiger partial charge is 0.159 e. The Labute approximate surface area is 287 Å². The molecule has 230 valence electrons. The molecule has 0 amide bonds. The van der Waals surface area contributed by atoms with Crippen molar-refractivity contribution in [3.63, 3.8) is 0 Å². The summed E-state index contributed by atoms with van der Waals surface area (Å²) in [5.74, 6) is 0. The minimum absolute atomic E-state index is 0.870. The van der Waals surface area contributed by atoms with Crippen LogP contribution in [0.3, 0.4) is 0 Å². The van der Waals surface area contributed by atoms with Crippen molar-refractivity contribution in [3.05, 3.63) is 176 Å². The maximum Gasteiger partial charge on any atom is 0.159 e. The summed E-state index contributed by atoms with van der Waals surface area (Å²) in [4.78, 5) is 2.35. The zero-order valence-electron chi connectivity index (χ0n) is 26.5. The summed E-state index contributed by atoms with van der Waals surface area (Å²) in [6.45, 7) is 0. The van der Waals surface area contributed by atoms with Gasteiger partial charge in [-0.25, -0.2) is 0 Å². The average molecular weight is 644 g/mol. The van der Waals surface area contributed by atoms with Gasteiger partial charge >= 0.3 is 0 Å². The van der Waals surface area contributed by atoms with Crippen LogP contribution in [-0.2, 0) is 0 Å². The van der Waals surface area contributed by atoms with E-state index >= 15 is 0 Å². The fourth-order valence-electron chi connectivity index (χ4n) is 7.28. The Balaban J connectivity index is 1.18. The molecule has 0 spiro atoms. The van der Waals surface area contributed by atoms with E-state index < -0.39 is 0 Å². The molecule has 8 aromatic carbocycles. The second kappa shape index (κ2) is 11.2. The summed E-state index contributed by atoms with van der Waals surface area (Å²) in [7, 11) is 0. The lowest BCUT2D eigenvalue weighted by Crippen LogP contribution is -2.10. The molecule has 0 N–H and O–H groups in total. The molecule has 3 heteroatoms. The monoisotopic (exact) mass is 643 g/mol. The lowest BCUT2D eigenvalue weighted by molar-refractivity contribution is 0.670. The number of para-hydroxylation sites is 2. The molecule has 49 heavy (non-hydrogen) atoms. The molecule has 2 heterocycles. The van der Waals surface area contributed by atoms with E-state index in [4.69, 9.17) is 4.42 Å². The van der Waals surface area contributed by atoms with Crippen molar-refractivity contribution in [2.75, 3.05) is 4.90 Å². The van der Waals surface area contributed by atoms with E-state index in [0.29, 0.717) is 0 Å². The minimum atomic E-state index is 0.870. The van der Waals surface area contributed by atoms with Gasteiger partial charge in [0.1, 0.15) is 5.58 Å². The predicted octanol–water partition coefficient (Wildman–Crippen LogP) is 13.9. The Morgan fingerprint density at radius 1 is 0.388 bits per heavy atom. The first kappa shape index (κ1) is 27.9. The molecule has 0 aliphatic carbocycles. The van der Waals surface area contributed by atoms with E-state index in [1.54, 1.807) is 0 Å². The third kappa shape index (κ3) is 4.62. The fraction of sp³-hybridized carbons (Fsp3) is 0. The van der Waals surface area contributed by atoms with Crippen LogP contribution < -0.4 is 4.90 Å². The maximum absolute atomic E-state index is 6.99. The first-order chi connectivity index (χ1) is 24.3. The van der Waals surface area contributed by atoms with Crippen LogP contribution in [0.2, 0.25) is 0 Å². The summed E-state index contributed by atoms with van der Waals surface area (Å²) in [5, 5.41) is 7.25. The molecule has 10 rings (SSSR count). The van der Waals surface area contributed by atoms with E-state index in [-0.39, 0.29) is 0 Å². The molecule has 2 nitrogen and oxygen atoms in total. The van der Waals surface area contributed by atoms with Gasteiger partial charge in [0, 0.05) is 47.9 Å². The molecule has 0 radical (unpaired) electrons. The first-order valence-corrected chi connectivity index (χ1v) is 17.4. The Kier molecular flexibility index (Phi) is 6.39. The van der Waals surface area contributed by atoms with Crippen LogP contribution in [0, 0.1) is 0 Å². The van der Waals surface area contributed by atoms with Crippen molar-refractivity contribution < 1.29 is 4.42 Å². The number of hydrogen-bond acceptors (Lipinski definition) is 3. The van der Waals surface area contributed by atoms with Crippen LogP contribution in [0.5, 0.6) is 0 Å². The third-order valence-corrected chi connectivity index (χ3v) is 10.8. The van der Waals surface area contributed by atoms with Crippen LogP contribution in [0.15, 0.2) is 180 Å². The molecule has 0 fully saturated rings. The molecule has 0 bridgehead atoms. The zero-order chi connectivity index (χ0) is 32.3. The molecule has 0 unspecified atom stereocenters. The number of furan rings is 1. The van der Waals surface area contributed by atoms with Crippen molar-refractivity contribution in [1.82, 2.24) is 0 Å². The number of nitrogens with zero attached hydrogens (tertiary/aromatic N) is 1. The van der Waals surface area contributed by atoms with Gasteiger partial charge in [0.15, 0.2) is 5.58 Å². The Bertz CT molecular complexity index is 2830. The van der Waals surface area contributed by atoms with Gasteiger partial charge in [-0.05, 0) is 69.9 Å². The van der Waals surface area contributed by atoms with Gasteiger partial charge in [0.25, 0.3) is 0 Å². The summed E-state index contributed by atoms with van der Waals surface area (Å²) < 4.78 is 9.56. The summed E-state index contributed by atoms with van der Waals surface area (Å²) in [6, 6.07) is 63.1. The van der Waals surface area contributed by atoms with Gasteiger partial charge in [-0.3, -0.25) is 0 Å². The molecule has 2 aromatic heterocycles. The number of anilines is 3. The van der Waals surface area contributed by atoms with Crippen molar-refractivity contribution in [1.29, 1.82) is 0 Å². The minimum Gasteiger partial charge on any atom is -0.453 e. The maximum atomic E-state index is 6.99. The fourth-order valence-corrected chi connectivity index (χ4v) is 8.42. The van der Waals surface area contributed by atoms with Crippen molar-refractivity contribution >= 4 is 81.3 Å². The molecule has 0 aliphatic rings. The largest absolute Gasteiger partial charge is 0.453 e. The van der Waals surface area contributed by atoms with Crippen LogP contribution in [0.4, 0.5) is 17.1 Å². The van der Waals surface area contributed by atoms with Crippen molar-refractivity contribution in [2.24, 2.45) is 0 Å². The highest BCUT2D eigenvalue weighted by Crippen LogP contribution is 2.46.